The van der Waals surface area contributed by atoms with E-state index in [1.54, 1.807) is 13.8 Å². The Bertz CT molecular complexity index is 401. The van der Waals surface area contributed by atoms with E-state index in [4.69, 9.17) is 0 Å². The summed E-state index contributed by atoms with van der Waals surface area (Å²) in [6, 6.07) is 8.12. The Hall–Kier alpha value is -1.15. The first-order valence-corrected chi connectivity index (χ1v) is 5.80. The van der Waals surface area contributed by atoms with E-state index in [9.17, 15) is 9.90 Å². The van der Waals surface area contributed by atoms with Crippen molar-refractivity contribution < 1.29 is 9.90 Å². The van der Waals surface area contributed by atoms with Gasteiger partial charge in [-0.05, 0) is 37.8 Å². The third kappa shape index (κ3) is 2.33. The summed E-state index contributed by atoms with van der Waals surface area (Å²) in [4.78, 5) is 12.1. The number of carbonyl (C=O) groups is 1. The molecule has 1 atom stereocenters. The Balaban J connectivity index is 2.16. The molecule has 86 valence electrons. The van der Waals surface area contributed by atoms with Crippen molar-refractivity contribution in [1.82, 2.24) is 0 Å². The van der Waals surface area contributed by atoms with Crippen LogP contribution in [0, 0.1) is 0 Å². The van der Waals surface area contributed by atoms with Crippen molar-refractivity contribution in [2.24, 2.45) is 0 Å². The van der Waals surface area contributed by atoms with Gasteiger partial charge in [0.1, 0.15) is 5.78 Å². The van der Waals surface area contributed by atoms with E-state index in [0.29, 0.717) is 0 Å². The van der Waals surface area contributed by atoms with Crippen LogP contribution in [-0.4, -0.2) is 16.5 Å². The first kappa shape index (κ1) is 11.3. The molecule has 1 aromatic carbocycles. The van der Waals surface area contributed by atoms with Crippen LogP contribution < -0.4 is 0 Å². The van der Waals surface area contributed by atoms with E-state index in [0.717, 1.165) is 18.4 Å². The SMILES string of the molecule is CC(C)(O)CC(=O)C1CCc2ccccc21. The standard InChI is InChI=1S/C14H18O2/c1-14(2,16)9-13(15)12-8-7-10-5-3-4-6-11(10)12/h3-6,12,16H,7-9H2,1-2H3. The smallest absolute Gasteiger partial charge is 0.143 e. The molecule has 1 aromatic rings. The van der Waals surface area contributed by atoms with Crippen molar-refractivity contribution in [3.63, 3.8) is 0 Å². The molecule has 0 heterocycles. The van der Waals surface area contributed by atoms with Crippen molar-refractivity contribution >= 4 is 5.78 Å². The van der Waals surface area contributed by atoms with Gasteiger partial charge >= 0.3 is 0 Å². The predicted molar refractivity (Wildman–Crippen MR) is 63.4 cm³/mol. The number of rotatable bonds is 3. The monoisotopic (exact) mass is 218 g/mol. The maximum atomic E-state index is 12.1. The van der Waals surface area contributed by atoms with Gasteiger partial charge in [0, 0.05) is 12.3 Å². The lowest BCUT2D eigenvalue weighted by molar-refractivity contribution is -0.124. The molecule has 0 saturated heterocycles. The molecule has 1 aliphatic rings. The highest BCUT2D eigenvalue weighted by molar-refractivity contribution is 5.87. The summed E-state index contributed by atoms with van der Waals surface area (Å²) in [5.41, 5.74) is 1.56. The topological polar surface area (TPSA) is 37.3 Å². The molecule has 0 amide bonds. The quantitative estimate of drug-likeness (QED) is 0.846. The minimum atomic E-state index is -0.894. The Labute approximate surface area is 96.3 Å². The van der Waals surface area contributed by atoms with Crippen LogP contribution in [0.15, 0.2) is 24.3 Å². The Morgan fingerprint density at radius 2 is 2.12 bits per heavy atom. The number of hydrogen-bond donors (Lipinski definition) is 1. The van der Waals surface area contributed by atoms with Gasteiger partial charge in [-0.3, -0.25) is 4.79 Å². The van der Waals surface area contributed by atoms with E-state index >= 15 is 0 Å². The number of Topliss-reactive ketones (excluding diaryl/α,β-unsaturated/α-hetero) is 1. The van der Waals surface area contributed by atoms with Gasteiger partial charge in [0.25, 0.3) is 0 Å². The fourth-order valence-corrected chi connectivity index (χ4v) is 2.44. The Morgan fingerprint density at radius 3 is 2.81 bits per heavy atom. The van der Waals surface area contributed by atoms with Gasteiger partial charge in [0.05, 0.1) is 5.60 Å². The molecule has 0 fully saturated rings. The summed E-state index contributed by atoms with van der Waals surface area (Å²) in [5.74, 6) is 0.167. The van der Waals surface area contributed by atoms with Crippen LogP contribution in [0.25, 0.3) is 0 Å². The summed E-state index contributed by atoms with van der Waals surface area (Å²) in [6.45, 7) is 3.37. The number of hydrogen-bond acceptors (Lipinski definition) is 2. The predicted octanol–water partition coefficient (Wildman–Crippen LogP) is 2.45. The van der Waals surface area contributed by atoms with Crippen LogP contribution in [0.5, 0.6) is 0 Å². The maximum absolute atomic E-state index is 12.1. The van der Waals surface area contributed by atoms with E-state index < -0.39 is 5.60 Å². The zero-order valence-electron chi connectivity index (χ0n) is 9.86. The largest absolute Gasteiger partial charge is 0.390 e. The third-order valence-corrected chi connectivity index (χ3v) is 3.13. The summed E-state index contributed by atoms with van der Waals surface area (Å²) in [5, 5.41) is 9.68. The van der Waals surface area contributed by atoms with Crippen LogP contribution in [0.4, 0.5) is 0 Å². The number of aryl methyl sites for hydroxylation is 1. The first-order chi connectivity index (χ1) is 7.47. The minimum absolute atomic E-state index is 0.00243. The summed E-state index contributed by atoms with van der Waals surface area (Å²) in [6.07, 6.45) is 2.12. The highest BCUT2D eigenvalue weighted by Gasteiger charge is 2.30. The number of ketones is 1. The number of carbonyl (C=O) groups excluding carboxylic acids is 1. The second-order valence-electron chi connectivity index (χ2n) is 5.25. The third-order valence-electron chi connectivity index (χ3n) is 3.13. The average Bonchev–Trinajstić information content (AvgIpc) is 2.58. The molecule has 0 aliphatic heterocycles. The molecule has 16 heavy (non-hydrogen) atoms. The molecule has 2 rings (SSSR count). The maximum Gasteiger partial charge on any atom is 0.143 e. The van der Waals surface area contributed by atoms with E-state index in [2.05, 4.69) is 6.07 Å². The van der Waals surface area contributed by atoms with Crippen molar-refractivity contribution in [2.45, 2.75) is 44.6 Å². The molecule has 1 N–H and O–H groups in total. The molecule has 2 heteroatoms. The van der Waals surface area contributed by atoms with Gasteiger partial charge in [-0.1, -0.05) is 24.3 Å². The highest BCUT2D eigenvalue weighted by Crippen LogP contribution is 2.35. The van der Waals surface area contributed by atoms with E-state index in [1.807, 2.05) is 18.2 Å². The molecular formula is C14H18O2. The second-order valence-corrected chi connectivity index (χ2v) is 5.25. The highest BCUT2D eigenvalue weighted by atomic mass is 16.3. The molecule has 1 unspecified atom stereocenters. The average molecular weight is 218 g/mol. The zero-order valence-corrected chi connectivity index (χ0v) is 9.86. The molecule has 2 nitrogen and oxygen atoms in total. The molecule has 0 bridgehead atoms. The van der Waals surface area contributed by atoms with Crippen molar-refractivity contribution in [3.05, 3.63) is 35.4 Å². The van der Waals surface area contributed by atoms with Gasteiger partial charge in [-0.25, -0.2) is 0 Å². The lowest BCUT2D eigenvalue weighted by Crippen LogP contribution is -2.26. The fourth-order valence-electron chi connectivity index (χ4n) is 2.44. The van der Waals surface area contributed by atoms with Crippen LogP contribution in [0.3, 0.4) is 0 Å². The fraction of sp³-hybridized carbons (Fsp3) is 0.500. The molecule has 1 aliphatic carbocycles. The lowest BCUT2D eigenvalue weighted by atomic mass is 9.90. The van der Waals surface area contributed by atoms with Gasteiger partial charge in [-0.15, -0.1) is 0 Å². The number of fused-ring (bicyclic) bond motifs is 1. The van der Waals surface area contributed by atoms with Gasteiger partial charge in [0.15, 0.2) is 0 Å². The van der Waals surface area contributed by atoms with Gasteiger partial charge in [0.2, 0.25) is 0 Å². The second kappa shape index (κ2) is 4.02. The van der Waals surface area contributed by atoms with E-state index in [-0.39, 0.29) is 18.1 Å². The first-order valence-electron chi connectivity index (χ1n) is 5.80. The summed E-state index contributed by atoms with van der Waals surface area (Å²) < 4.78 is 0. The summed E-state index contributed by atoms with van der Waals surface area (Å²) in [7, 11) is 0. The van der Waals surface area contributed by atoms with Crippen LogP contribution in [0.1, 0.15) is 43.7 Å². The molecule has 0 aromatic heterocycles. The number of benzene rings is 1. The zero-order chi connectivity index (χ0) is 11.8. The lowest BCUT2D eigenvalue weighted by Gasteiger charge is -2.19. The van der Waals surface area contributed by atoms with Crippen molar-refractivity contribution in [1.29, 1.82) is 0 Å². The molecular weight excluding hydrogens is 200 g/mol. The molecule has 0 spiro atoms. The van der Waals surface area contributed by atoms with Crippen LogP contribution in [-0.2, 0) is 11.2 Å². The molecule has 0 saturated carbocycles. The molecule has 0 radical (unpaired) electrons. The summed E-state index contributed by atoms with van der Waals surface area (Å²) >= 11 is 0. The van der Waals surface area contributed by atoms with Gasteiger partial charge < -0.3 is 5.11 Å². The minimum Gasteiger partial charge on any atom is -0.390 e. The van der Waals surface area contributed by atoms with E-state index in [1.165, 1.54) is 5.56 Å². The number of aliphatic hydroxyl groups is 1. The van der Waals surface area contributed by atoms with Gasteiger partial charge in [-0.2, -0.15) is 0 Å². The Morgan fingerprint density at radius 1 is 1.44 bits per heavy atom. The van der Waals surface area contributed by atoms with Crippen LogP contribution in [0.2, 0.25) is 0 Å². The Kier molecular flexibility index (Phi) is 2.85. The van der Waals surface area contributed by atoms with Crippen molar-refractivity contribution in [3.8, 4) is 0 Å². The normalized spacial score (nSPS) is 19.6. The van der Waals surface area contributed by atoms with Crippen molar-refractivity contribution in [2.75, 3.05) is 0 Å². The van der Waals surface area contributed by atoms with Crippen LogP contribution >= 0.6 is 0 Å².